The summed E-state index contributed by atoms with van der Waals surface area (Å²) in [6.07, 6.45) is 2.63. The fraction of sp³-hybridized carbons (Fsp3) is 0.750. The summed E-state index contributed by atoms with van der Waals surface area (Å²) in [6.45, 7) is 1.41. The van der Waals surface area contributed by atoms with Gasteiger partial charge in [0, 0.05) is 14.0 Å². The smallest absolute Gasteiger partial charge is 0.242 e. The predicted octanol–water partition coefficient (Wildman–Crippen LogP) is -0.00980. The first kappa shape index (κ1) is 12.3. The zero-order valence-electron chi connectivity index (χ0n) is 8.22. The molecule has 0 heterocycles. The zero-order valence-corrected chi connectivity index (χ0v) is 9.03. The van der Waals surface area contributed by atoms with Gasteiger partial charge in [-0.1, -0.05) is 0 Å². The van der Waals surface area contributed by atoms with Crippen molar-refractivity contribution in [3.8, 4) is 0 Å². The van der Waals surface area contributed by atoms with Gasteiger partial charge in [0.15, 0.2) is 0 Å². The van der Waals surface area contributed by atoms with Crippen LogP contribution in [-0.4, -0.2) is 36.9 Å². The molecule has 4 nitrogen and oxygen atoms in total. The Morgan fingerprint density at radius 2 is 2.08 bits per heavy atom. The molecule has 0 unspecified atom stereocenters. The SMILES string of the molecule is CNC(=O)[C@H](CCSC)NC(C)=O. The molecule has 0 rings (SSSR count). The van der Waals surface area contributed by atoms with Gasteiger partial charge in [-0.25, -0.2) is 0 Å². The summed E-state index contributed by atoms with van der Waals surface area (Å²) >= 11 is 1.65. The normalized spacial score (nSPS) is 11.9. The summed E-state index contributed by atoms with van der Waals surface area (Å²) in [5.41, 5.74) is 0. The number of thioether (sulfide) groups is 1. The summed E-state index contributed by atoms with van der Waals surface area (Å²) in [5, 5.41) is 5.12. The number of rotatable bonds is 5. The van der Waals surface area contributed by atoms with Crippen LogP contribution in [0, 0.1) is 0 Å². The molecule has 0 aromatic carbocycles. The minimum absolute atomic E-state index is 0.135. The number of likely N-dealkylation sites (N-methyl/N-ethyl adjacent to an activating group) is 1. The van der Waals surface area contributed by atoms with Gasteiger partial charge in [0.2, 0.25) is 11.8 Å². The Morgan fingerprint density at radius 1 is 1.46 bits per heavy atom. The second-order valence-electron chi connectivity index (χ2n) is 2.65. The molecule has 0 aliphatic rings. The zero-order chi connectivity index (χ0) is 10.3. The number of hydrogen-bond donors (Lipinski definition) is 2. The molecule has 76 valence electrons. The molecule has 0 spiro atoms. The first-order valence-electron chi connectivity index (χ1n) is 4.09. The summed E-state index contributed by atoms with van der Waals surface area (Å²) in [6, 6.07) is -0.394. The van der Waals surface area contributed by atoms with E-state index in [9.17, 15) is 9.59 Å². The molecule has 0 aromatic heterocycles. The number of carbonyl (C=O) groups is 2. The van der Waals surface area contributed by atoms with Crippen LogP contribution in [0.1, 0.15) is 13.3 Å². The van der Waals surface area contributed by atoms with Crippen LogP contribution in [0.25, 0.3) is 0 Å². The van der Waals surface area contributed by atoms with E-state index in [2.05, 4.69) is 10.6 Å². The molecule has 0 aromatic rings. The minimum atomic E-state index is -0.394. The lowest BCUT2D eigenvalue weighted by atomic mass is 10.2. The maximum absolute atomic E-state index is 11.2. The molecule has 5 heteroatoms. The highest BCUT2D eigenvalue weighted by molar-refractivity contribution is 7.98. The Morgan fingerprint density at radius 3 is 2.46 bits per heavy atom. The third-order valence-corrected chi connectivity index (χ3v) is 2.19. The second-order valence-corrected chi connectivity index (χ2v) is 3.63. The van der Waals surface area contributed by atoms with E-state index in [0.717, 1.165) is 5.75 Å². The van der Waals surface area contributed by atoms with Gasteiger partial charge in [0.05, 0.1) is 0 Å². The van der Waals surface area contributed by atoms with Crippen molar-refractivity contribution >= 4 is 23.6 Å². The van der Waals surface area contributed by atoms with E-state index < -0.39 is 6.04 Å². The van der Waals surface area contributed by atoms with Crippen molar-refractivity contribution in [1.29, 1.82) is 0 Å². The molecule has 0 saturated carbocycles. The topological polar surface area (TPSA) is 58.2 Å². The summed E-state index contributed by atoms with van der Waals surface area (Å²) in [5.74, 6) is 0.553. The average molecular weight is 204 g/mol. The molecular weight excluding hydrogens is 188 g/mol. The lowest BCUT2D eigenvalue weighted by Gasteiger charge is -2.15. The van der Waals surface area contributed by atoms with Gasteiger partial charge in [-0.3, -0.25) is 9.59 Å². The van der Waals surface area contributed by atoms with Gasteiger partial charge in [0.1, 0.15) is 6.04 Å². The van der Waals surface area contributed by atoms with Gasteiger partial charge in [0.25, 0.3) is 0 Å². The Kier molecular flexibility index (Phi) is 6.40. The molecule has 0 aliphatic heterocycles. The maximum atomic E-state index is 11.2. The van der Waals surface area contributed by atoms with E-state index in [-0.39, 0.29) is 11.8 Å². The Labute approximate surface area is 82.8 Å². The lowest BCUT2D eigenvalue weighted by Crippen LogP contribution is -2.45. The van der Waals surface area contributed by atoms with Crippen LogP contribution in [0.3, 0.4) is 0 Å². The predicted molar refractivity (Wildman–Crippen MR) is 54.7 cm³/mol. The molecule has 1 atom stereocenters. The van der Waals surface area contributed by atoms with Gasteiger partial charge >= 0.3 is 0 Å². The van der Waals surface area contributed by atoms with Crippen LogP contribution in [0.2, 0.25) is 0 Å². The van der Waals surface area contributed by atoms with E-state index in [4.69, 9.17) is 0 Å². The van der Waals surface area contributed by atoms with Crippen LogP contribution >= 0.6 is 11.8 Å². The van der Waals surface area contributed by atoms with Crippen molar-refractivity contribution in [3.63, 3.8) is 0 Å². The summed E-state index contributed by atoms with van der Waals surface area (Å²) in [4.78, 5) is 22.0. The van der Waals surface area contributed by atoms with Crippen molar-refractivity contribution in [1.82, 2.24) is 10.6 Å². The van der Waals surface area contributed by atoms with Crippen molar-refractivity contribution in [2.75, 3.05) is 19.1 Å². The highest BCUT2D eigenvalue weighted by atomic mass is 32.2. The van der Waals surface area contributed by atoms with E-state index in [0.29, 0.717) is 6.42 Å². The third-order valence-electron chi connectivity index (χ3n) is 1.55. The highest BCUT2D eigenvalue weighted by Crippen LogP contribution is 2.00. The van der Waals surface area contributed by atoms with Crippen LogP contribution < -0.4 is 10.6 Å². The largest absolute Gasteiger partial charge is 0.357 e. The summed E-state index contributed by atoms with van der Waals surface area (Å²) in [7, 11) is 1.57. The van der Waals surface area contributed by atoms with Crippen LogP contribution in [-0.2, 0) is 9.59 Å². The summed E-state index contributed by atoms with van der Waals surface area (Å²) < 4.78 is 0. The Balaban J connectivity index is 4.02. The monoisotopic (exact) mass is 204 g/mol. The Hall–Kier alpha value is -0.710. The molecule has 0 radical (unpaired) electrons. The number of nitrogens with one attached hydrogen (secondary N) is 2. The van der Waals surface area contributed by atoms with Crippen LogP contribution in [0.5, 0.6) is 0 Å². The fourth-order valence-electron chi connectivity index (χ4n) is 0.924. The van der Waals surface area contributed by atoms with Crippen molar-refractivity contribution in [2.24, 2.45) is 0 Å². The molecule has 13 heavy (non-hydrogen) atoms. The number of hydrogen-bond acceptors (Lipinski definition) is 3. The second kappa shape index (κ2) is 6.77. The molecular formula is C8H16N2O2S. The molecule has 0 aliphatic carbocycles. The van der Waals surface area contributed by atoms with Crippen molar-refractivity contribution < 1.29 is 9.59 Å². The lowest BCUT2D eigenvalue weighted by molar-refractivity contribution is -0.127. The molecule has 0 bridgehead atoms. The van der Waals surface area contributed by atoms with Gasteiger partial charge in [-0.15, -0.1) is 0 Å². The minimum Gasteiger partial charge on any atom is -0.357 e. The van der Waals surface area contributed by atoms with Gasteiger partial charge < -0.3 is 10.6 Å². The van der Waals surface area contributed by atoms with E-state index in [1.54, 1.807) is 18.8 Å². The number of amides is 2. The van der Waals surface area contributed by atoms with E-state index in [1.165, 1.54) is 6.92 Å². The van der Waals surface area contributed by atoms with Crippen molar-refractivity contribution in [2.45, 2.75) is 19.4 Å². The standard InChI is InChI=1S/C8H16N2O2S/c1-6(11)10-7(4-5-13-3)8(12)9-2/h7H,4-5H2,1-3H3,(H,9,12)(H,10,11)/t7-/m0/s1. The molecule has 2 N–H and O–H groups in total. The van der Waals surface area contributed by atoms with E-state index >= 15 is 0 Å². The fourth-order valence-corrected chi connectivity index (χ4v) is 1.40. The molecule has 2 amide bonds. The van der Waals surface area contributed by atoms with Crippen LogP contribution in [0.4, 0.5) is 0 Å². The Bertz CT molecular complexity index is 185. The number of carbonyl (C=O) groups excluding carboxylic acids is 2. The maximum Gasteiger partial charge on any atom is 0.242 e. The molecule has 0 fully saturated rings. The average Bonchev–Trinajstić information content (AvgIpc) is 2.10. The molecule has 0 saturated heterocycles. The quantitative estimate of drug-likeness (QED) is 0.662. The first-order valence-corrected chi connectivity index (χ1v) is 5.48. The first-order chi connectivity index (χ1) is 6.11. The van der Waals surface area contributed by atoms with E-state index in [1.807, 2.05) is 6.26 Å². The van der Waals surface area contributed by atoms with Gasteiger partial charge in [-0.2, -0.15) is 11.8 Å². The van der Waals surface area contributed by atoms with Gasteiger partial charge in [-0.05, 0) is 18.4 Å². The third kappa shape index (κ3) is 5.52. The highest BCUT2D eigenvalue weighted by Gasteiger charge is 2.16. The van der Waals surface area contributed by atoms with Crippen molar-refractivity contribution in [3.05, 3.63) is 0 Å². The van der Waals surface area contributed by atoms with Crippen LogP contribution in [0.15, 0.2) is 0 Å².